The molecule has 8 nitrogen and oxygen atoms in total. The lowest BCUT2D eigenvalue weighted by Gasteiger charge is -2.13. The second kappa shape index (κ2) is 10.5. The summed E-state index contributed by atoms with van der Waals surface area (Å²) in [6.45, 7) is 1.69. The van der Waals surface area contributed by atoms with Gasteiger partial charge in [-0.3, -0.25) is 14.2 Å². The van der Waals surface area contributed by atoms with Gasteiger partial charge in [-0.25, -0.2) is 18.7 Å². The molecule has 0 aliphatic rings. The molecule has 2 heterocycles. The van der Waals surface area contributed by atoms with Gasteiger partial charge in [-0.05, 0) is 79.7 Å². The average molecular weight is 526 g/mol. The number of phenols is 1. The van der Waals surface area contributed by atoms with Crippen LogP contribution in [-0.4, -0.2) is 25.5 Å². The highest BCUT2D eigenvalue weighted by molar-refractivity contribution is 6.04. The second-order valence-electron chi connectivity index (χ2n) is 8.48. The molecular formula is C29H20F2N4O4. The fourth-order valence-corrected chi connectivity index (χ4v) is 3.93. The Labute approximate surface area is 220 Å². The van der Waals surface area contributed by atoms with Gasteiger partial charge in [0.25, 0.3) is 11.5 Å². The SMILES string of the molecule is Cc1ccc(C(=O)Nc2ccc(Oc3ccc(O)c(-c4ccncn4)c3)c(F)c2)c(=O)n1-c1ccc(F)cc1. The molecule has 194 valence electrons. The number of pyridine rings is 1. The van der Waals surface area contributed by atoms with Crippen molar-refractivity contribution in [3.63, 3.8) is 0 Å². The van der Waals surface area contributed by atoms with Gasteiger partial charge in [0.1, 0.15) is 29.2 Å². The van der Waals surface area contributed by atoms with Crippen molar-refractivity contribution < 1.29 is 23.4 Å². The lowest BCUT2D eigenvalue weighted by molar-refractivity contribution is 0.102. The Hall–Kier alpha value is -5.38. The van der Waals surface area contributed by atoms with E-state index in [-0.39, 0.29) is 28.5 Å². The number of aromatic hydroxyl groups is 1. The zero-order chi connectivity index (χ0) is 27.5. The number of hydrogen-bond acceptors (Lipinski definition) is 6. The first-order valence-electron chi connectivity index (χ1n) is 11.7. The van der Waals surface area contributed by atoms with Crippen LogP contribution in [0.2, 0.25) is 0 Å². The molecule has 0 atom stereocenters. The van der Waals surface area contributed by atoms with Crippen LogP contribution in [0.3, 0.4) is 0 Å². The molecule has 0 bridgehead atoms. The minimum atomic E-state index is -0.767. The average Bonchev–Trinajstić information content (AvgIpc) is 2.92. The number of aromatic nitrogens is 3. The summed E-state index contributed by atoms with van der Waals surface area (Å²) in [5, 5.41) is 12.7. The number of carbonyl (C=O) groups is 1. The quantitative estimate of drug-likeness (QED) is 0.297. The Kier molecular flexibility index (Phi) is 6.83. The zero-order valence-corrected chi connectivity index (χ0v) is 20.4. The molecule has 0 aliphatic heterocycles. The van der Waals surface area contributed by atoms with E-state index < -0.39 is 23.1 Å². The minimum absolute atomic E-state index is 0.0332. The zero-order valence-electron chi connectivity index (χ0n) is 20.4. The number of halogens is 2. The number of nitrogens with zero attached hydrogens (tertiary/aromatic N) is 3. The molecule has 0 unspecified atom stereocenters. The standard InChI is InChI=1S/C29H20F2N4O4/c1-17-2-9-22(29(38)35(17)20-6-3-18(30)4-7-20)28(37)34-19-5-11-27(24(31)14-19)39-21-8-10-26(36)23(15-21)25-12-13-32-16-33-25/h2-16,36H,1H3,(H,34,37). The van der Waals surface area contributed by atoms with Gasteiger partial charge in [-0.1, -0.05) is 0 Å². The van der Waals surface area contributed by atoms with Crippen LogP contribution < -0.4 is 15.6 Å². The summed E-state index contributed by atoms with van der Waals surface area (Å²) in [6.07, 6.45) is 2.86. The maximum absolute atomic E-state index is 14.9. The molecule has 0 radical (unpaired) electrons. The number of anilines is 1. The fourth-order valence-electron chi connectivity index (χ4n) is 3.93. The molecule has 10 heteroatoms. The number of aryl methyl sites for hydroxylation is 1. The predicted molar refractivity (Wildman–Crippen MR) is 140 cm³/mol. The topological polar surface area (TPSA) is 106 Å². The number of hydrogen-bond donors (Lipinski definition) is 2. The molecule has 5 rings (SSSR count). The predicted octanol–water partition coefficient (Wildman–Crippen LogP) is 5.63. The molecule has 39 heavy (non-hydrogen) atoms. The minimum Gasteiger partial charge on any atom is -0.507 e. The Morgan fingerprint density at radius 2 is 1.77 bits per heavy atom. The molecule has 3 aromatic carbocycles. The Balaban J connectivity index is 1.36. The van der Waals surface area contributed by atoms with Gasteiger partial charge < -0.3 is 15.2 Å². The highest BCUT2D eigenvalue weighted by atomic mass is 19.1. The van der Waals surface area contributed by atoms with E-state index in [9.17, 15) is 23.5 Å². The Morgan fingerprint density at radius 3 is 2.49 bits per heavy atom. The van der Waals surface area contributed by atoms with Crippen molar-refractivity contribution in [2.24, 2.45) is 0 Å². The van der Waals surface area contributed by atoms with Crippen LogP contribution in [0, 0.1) is 18.6 Å². The Bertz CT molecular complexity index is 1740. The first-order chi connectivity index (χ1) is 18.8. The number of nitrogens with one attached hydrogen (secondary N) is 1. The highest BCUT2D eigenvalue weighted by Crippen LogP contribution is 2.34. The maximum atomic E-state index is 14.9. The number of carbonyl (C=O) groups excluding carboxylic acids is 1. The molecule has 2 N–H and O–H groups in total. The van der Waals surface area contributed by atoms with E-state index in [0.717, 1.165) is 6.07 Å². The third kappa shape index (κ3) is 5.35. The van der Waals surface area contributed by atoms with E-state index in [4.69, 9.17) is 4.74 Å². The van der Waals surface area contributed by atoms with Gasteiger partial charge in [0.05, 0.1) is 5.69 Å². The van der Waals surface area contributed by atoms with Crippen molar-refractivity contribution in [2.45, 2.75) is 6.92 Å². The van der Waals surface area contributed by atoms with Crippen LogP contribution >= 0.6 is 0 Å². The summed E-state index contributed by atoms with van der Waals surface area (Å²) in [4.78, 5) is 33.9. The van der Waals surface area contributed by atoms with E-state index in [1.54, 1.807) is 19.1 Å². The molecule has 0 spiro atoms. The van der Waals surface area contributed by atoms with Crippen LogP contribution in [0.4, 0.5) is 14.5 Å². The van der Waals surface area contributed by atoms with Gasteiger partial charge in [-0.2, -0.15) is 0 Å². The molecule has 1 amide bonds. The largest absolute Gasteiger partial charge is 0.507 e. The van der Waals surface area contributed by atoms with Crippen molar-refractivity contribution in [3.05, 3.63) is 125 Å². The van der Waals surface area contributed by atoms with E-state index in [1.165, 1.54) is 77.8 Å². The number of phenolic OH excluding ortho intramolecular Hbond substituents is 1. The highest BCUT2D eigenvalue weighted by Gasteiger charge is 2.17. The van der Waals surface area contributed by atoms with Crippen LogP contribution in [0.5, 0.6) is 17.2 Å². The van der Waals surface area contributed by atoms with Gasteiger partial charge >= 0.3 is 0 Å². The van der Waals surface area contributed by atoms with E-state index in [2.05, 4.69) is 15.3 Å². The van der Waals surface area contributed by atoms with Crippen molar-refractivity contribution in [3.8, 4) is 34.2 Å². The van der Waals surface area contributed by atoms with Gasteiger partial charge in [-0.15, -0.1) is 0 Å². The molecule has 2 aromatic heterocycles. The second-order valence-corrected chi connectivity index (χ2v) is 8.48. The van der Waals surface area contributed by atoms with Crippen LogP contribution in [0.25, 0.3) is 16.9 Å². The van der Waals surface area contributed by atoms with Crippen molar-refractivity contribution in [1.82, 2.24) is 14.5 Å². The molecule has 0 saturated carbocycles. The molecular weight excluding hydrogens is 506 g/mol. The van der Waals surface area contributed by atoms with Crippen LogP contribution in [0.1, 0.15) is 16.1 Å². The van der Waals surface area contributed by atoms with Crippen LogP contribution in [0.15, 0.2) is 96.2 Å². The molecule has 5 aromatic rings. The smallest absolute Gasteiger partial charge is 0.268 e. The van der Waals surface area contributed by atoms with E-state index >= 15 is 0 Å². The van der Waals surface area contributed by atoms with Gasteiger partial charge in [0.2, 0.25) is 0 Å². The number of ether oxygens (including phenoxy) is 1. The third-order valence-corrected chi connectivity index (χ3v) is 5.85. The summed E-state index contributed by atoms with van der Waals surface area (Å²) < 4.78 is 35.2. The maximum Gasteiger partial charge on any atom is 0.268 e. The first-order valence-corrected chi connectivity index (χ1v) is 11.7. The lowest BCUT2D eigenvalue weighted by Crippen LogP contribution is -2.29. The van der Waals surface area contributed by atoms with Gasteiger partial charge in [0.15, 0.2) is 11.6 Å². The molecule has 0 fully saturated rings. The van der Waals surface area contributed by atoms with Crippen molar-refractivity contribution in [2.75, 3.05) is 5.32 Å². The van der Waals surface area contributed by atoms with Gasteiger partial charge in [0, 0.05) is 34.9 Å². The summed E-state index contributed by atoms with van der Waals surface area (Å²) in [7, 11) is 0. The lowest BCUT2D eigenvalue weighted by atomic mass is 10.1. The summed E-state index contributed by atoms with van der Waals surface area (Å²) >= 11 is 0. The fraction of sp³-hybridized carbons (Fsp3) is 0.0345. The van der Waals surface area contributed by atoms with Crippen molar-refractivity contribution >= 4 is 11.6 Å². The van der Waals surface area contributed by atoms with E-state index in [1.807, 2.05) is 0 Å². The number of rotatable bonds is 6. The number of benzene rings is 3. The van der Waals surface area contributed by atoms with Crippen molar-refractivity contribution in [1.29, 1.82) is 0 Å². The Morgan fingerprint density at radius 1 is 0.974 bits per heavy atom. The monoisotopic (exact) mass is 526 g/mol. The normalized spacial score (nSPS) is 10.7. The first kappa shape index (κ1) is 25.3. The summed E-state index contributed by atoms with van der Waals surface area (Å²) in [5.41, 5.74) is 1.11. The van der Waals surface area contributed by atoms with Crippen LogP contribution in [-0.2, 0) is 0 Å². The molecule has 0 aliphatic carbocycles. The van der Waals surface area contributed by atoms with E-state index in [0.29, 0.717) is 22.6 Å². The number of amides is 1. The molecule has 0 saturated heterocycles. The summed E-state index contributed by atoms with van der Waals surface area (Å²) in [6, 6.07) is 18.1. The summed E-state index contributed by atoms with van der Waals surface area (Å²) in [5.74, 6) is -1.87. The third-order valence-electron chi connectivity index (χ3n) is 5.85.